The topological polar surface area (TPSA) is 137 Å². The molecule has 0 aromatic heterocycles. The van der Waals surface area contributed by atoms with E-state index in [0.717, 1.165) is 58.4 Å². The van der Waals surface area contributed by atoms with Gasteiger partial charge in [0, 0.05) is 42.9 Å². The van der Waals surface area contributed by atoms with Crippen LogP contribution in [-0.4, -0.2) is 51.5 Å². The van der Waals surface area contributed by atoms with Crippen molar-refractivity contribution in [2.75, 3.05) is 18.1 Å². The predicted molar refractivity (Wildman–Crippen MR) is 174 cm³/mol. The molecule has 0 unspecified atom stereocenters. The van der Waals surface area contributed by atoms with E-state index in [9.17, 15) is 19.8 Å². The van der Waals surface area contributed by atoms with Crippen LogP contribution in [0.5, 0.6) is 0 Å². The highest BCUT2D eigenvalue weighted by atomic mass is 32.2. The van der Waals surface area contributed by atoms with Gasteiger partial charge in [-0.1, -0.05) is 73.5 Å². The molecule has 45 heavy (non-hydrogen) atoms. The highest BCUT2D eigenvalue weighted by Crippen LogP contribution is 2.39. The SMILES string of the molecule is O=C(CCCCCCC(=O)NCc1cccc(-c2cccc([C@H]3O[C@@H](CSCCO)C[C@@H](c4ccc(CO)cc4)O3)c2)c1)NO. The normalized spacial score (nSPS) is 18.0. The maximum absolute atomic E-state index is 12.4. The van der Waals surface area contributed by atoms with Crippen LogP contribution in [0.1, 0.15) is 79.6 Å². The van der Waals surface area contributed by atoms with Gasteiger partial charge in [0.25, 0.3) is 0 Å². The average Bonchev–Trinajstić information content (AvgIpc) is 3.09. The minimum atomic E-state index is -0.560. The van der Waals surface area contributed by atoms with Gasteiger partial charge in [-0.3, -0.25) is 14.8 Å². The van der Waals surface area contributed by atoms with E-state index in [1.807, 2.05) is 60.7 Å². The Morgan fingerprint density at radius 3 is 2.22 bits per heavy atom. The molecule has 1 fully saturated rings. The molecule has 242 valence electrons. The van der Waals surface area contributed by atoms with Crippen LogP contribution in [0.3, 0.4) is 0 Å². The van der Waals surface area contributed by atoms with Crippen molar-refractivity contribution in [1.29, 1.82) is 0 Å². The van der Waals surface area contributed by atoms with E-state index >= 15 is 0 Å². The molecule has 0 radical (unpaired) electrons. The molecule has 1 aliphatic heterocycles. The van der Waals surface area contributed by atoms with Gasteiger partial charge < -0.3 is 25.0 Å². The number of unbranched alkanes of at least 4 members (excludes halogenated alkanes) is 3. The Labute approximate surface area is 269 Å². The van der Waals surface area contributed by atoms with Gasteiger partial charge in [0.05, 0.1) is 25.4 Å². The summed E-state index contributed by atoms with van der Waals surface area (Å²) in [4.78, 5) is 23.4. The zero-order valence-electron chi connectivity index (χ0n) is 25.5. The number of carbonyl (C=O) groups excluding carboxylic acids is 2. The van der Waals surface area contributed by atoms with Crippen LogP contribution in [-0.2, 0) is 32.2 Å². The predicted octanol–water partition coefficient (Wildman–Crippen LogP) is 5.58. The van der Waals surface area contributed by atoms with Crippen molar-refractivity contribution in [3.05, 3.63) is 95.1 Å². The molecule has 0 aliphatic carbocycles. The average molecular weight is 637 g/mol. The molecule has 4 rings (SSSR count). The van der Waals surface area contributed by atoms with E-state index in [4.69, 9.17) is 14.7 Å². The van der Waals surface area contributed by atoms with Crippen LogP contribution >= 0.6 is 11.8 Å². The minimum absolute atomic E-state index is 0.00512. The van der Waals surface area contributed by atoms with E-state index in [0.29, 0.717) is 31.6 Å². The summed E-state index contributed by atoms with van der Waals surface area (Å²) >= 11 is 1.66. The second kappa shape index (κ2) is 18.7. The third kappa shape index (κ3) is 11.2. The van der Waals surface area contributed by atoms with Crippen LogP contribution in [0.2, 0.25) is 0 Å². The molecule has 0 spiro atoms. The number of aliphatic hydroxyl groups is 2. The van der Waals surface area contributed by atoms with E-state index in [2.05, 4.69) is 17.4 Å². The first-order valence-corrected chi connectivity index (χ1v) is 16.7. The largest absolute Gasteiger partial charge is 0.396 e. The molecule has 3 aromatic rings. The Morgan fingerprint density at radius 2 is 1.51 bits per heavy atom. The number of nitrogens with one attached hydrogen (secondary N) is 2. The Kier molecular flexibility index (Phi) is 14.4. The molecule has 1 saturated heterocycles. The third-order valence-corrected chi connectivity index (χ3v) is 8.82. The van der Waals surface area contributed by atoms with Crippen molar-refractivity contribution in [2.45, 2.75) is 76.6 Å². The van der Waals surface area contributed by atoms with E-state index in [1.54, 1.807) is 17.2 Å². The lowest BCUT2D eigenvalue weighted by atomic mass is 9.99. The summed E-state index contributed by atoms with van der Waals surface area (Å²) in [5, 5.41) is 30.2. The number of hydroxylamine groups is 1. The molecule has 3 atom stereocenters. The molecule has 0 saturated carbocycles. The van der Waals surface area contributed by atoms with Crippen molar-refractivity contribution >= 4 is 23.6 Å². The molecule has 3 aromatic carbocycles. The van der Waals surface area contributed by atoms with Gasteiger partial charge in [0.2, 0.25) is 11.8 Å². The van der Waals surface area contributed by atoms with E-state index < -0.39 is 6.29 Å². The van der Waals surface area contributed by atoms with E-state index in [1.165, 1.54) is 0 Å². The van der Waals surface area contributed by atoms with Crippen LogP contribution < -0.4 is 10.8 Å². The molecule has 1 aliphatic rings. The number of amides is 2. The van der Waals surface area contributed by atoms with Crippen molar-refractivity contribution in [1.82, 2.24) is 10.8 Å². The number of rotatable bonds is 17. The molecular formula is C35H44N2O7S. The number of hydrogen-bond acceptors (Lipinski definition) is 8. The summed E-state index contributed by atoms with van der Waals surface area (Å²) in [7, 11) is 0. The van der Waals surface area contributed by atoms with Gasteiger partial charge in [0.15, 0.2) is 6.29 Å². The quantitative estimate of drug-likeness (QED) is 0.0736. The molecule has 5 N–H and O–H groups in total. The molecule has 2 amide bonds. The Bertz CT molecular complexity index is 1350. The first kappa shape index (κ1) is 34.6. The second-order valence-electron chi connectivity index (χ2n) is 11.2. The number of aliphatic hydroxyl groups excluding tert-OH is 2. The Morgan fingerprint density at radius 1 is 0.800 bits per heavy atom. The summed E-state index contributed by atoms with van der Waals surface area (Å²) in [6, 6.07) is 24.1. The summed E-state index contributed by atoms with van der Waals surface area (Å²) in [5.41, 5.74) is 7.48. The third-order valence-electron chi connectivity index (χ3n) is 7.75. The highest BCUT2D eigenvalue weighted by molar-refractivity contribution is 7.99. The number of hydrogen-bond donors (Lipinski definition) is 5. The zero-order chi connectivity index (χ0) is 31.9. The van der Waals surface area contributed by atoms with Crippen LogP contribution in [0.15, 0.2) is 72.8 Å². The molecule has 9 nitrogen and oxygen atoms in total. The summed E-state index contributed by atoms with van der Waals surface area (Å²) < 4.78 is 12.9. The van der Waals surface area contributed by atoms with Crippen molar-refractivity contribution in [3.8, 4) is 11.1 Å². The maximum Gasteiger partial charge on any atom is 0.243 e. The lowest BCUT2D eigenvalue weighted by Crippen LogP contribution is -2.31. The minimum Gasteiger partial charge on any atom is -0.396 e. The van der Waals surface area contributed by atoms with Gasteiger partial charge in [-0.25, -0.2) is 5.48 Å². The fraction of sp³-hybridized carbons (Fsp3) is 0.429. The van der Waals surface area contributed by atoms with Crippen molar-refractivity contribution in [2.24, 2.45) is 0 Å². The molecule has 10 heteroatoms. The Hall–Kier alpha value is -3.25. The number of carbonyl (C=O) groups is 2. The number of benzene rings is 3. The smallest absolute Gasteiger partial charge is 0.243 e. The number of ether oxygens (including phenoxy) is 2. The van der Waals surface area contributed by atoms with Crippen LogP contribution in [0.25, 0.3) is 11.1 Å². The Balaban J connectivity index is 1.37. The highest BCUT2D eigenvalue weighted by Gasteiger charge is 2.32. The van der Waals surface area contributed by atoms with Gasteiger partial charge >= 0.3 is 0 Å². The van der Waals surface area contributed by atoms with Crippen molar-refractivity contribution in [3.63, 3.8) is 0 Å². The molecular weight excluding hydrogens is 592 g/mol. The zero-order valence-corrected chi connectivity index (χ0v) is 26.3. The monoisotopic (exact) mass is 636 g/mol. The fourth-order valence-corrected chi connectivity index (χ4v) is 6.07. The summed E-state index contributed by atoms with van der Waals surface area (Å²) in [6.45, 7) is 0.555. The van der Waals surface area contributed by atoms with Crippen LogP contribution in [0, 0.1) is 0 Å². The fourth-order valence-electron chi connectivity index (χ4n) is 5.30. The maximum atomic E-state index is 12.4. The second-order valence-corrected chi connectivity index (χ2v) is 12.4. The first-order valence-electron chi connectivity index (χ1n) is 15.6. The first-order chi connectivity index (χ1) is 22.0. The standard InChI is InChI=1S/C35H44N2O7S/c38-17-18-45-24-31-21-32(27-15-13-25(23-39)14-16-27)44-35(43-31)30-10-6-9-29(20-30)28-8-5-7-26(19-28)22-36-33(40)11-3-1-2-4-12-34(41)37-42/h5-10,13-16,19-20,31-32,35,38-39,42H,1-4,11-12,17-18,21-24H2,(H,36,40)(H,37,41)/t31-,32+,35+/m1/s1. The molecule has 1 heterocycles. The lowest BCUT2D eigenvalue weighted by molar-refractivity contribution is -0.245. The summed E-state index contributed by atoms with van der Waals surface area (Å²) in [6.07, 6.45) is 3.76. The van der Waals surface area contributed by atoms with Gasteiger partial charge in [-0.15, -0.1) is 0 Å². The summed E-state index contributed by atoms with van der Waals surface area (Å²) in [5.74, 6) is 1.02. The van der Waals surface area contributed by atoms with E-state index in [-0.39, 0.29) is 43.7 Å². The van der Waals surface area contributed by atoms with Crippen LogP contribution in [0.4, 0.5) is 0 Å². The van der Waals surface area contributed by atoms with Crippen molar-refractivity contribution < 1.29 is 34.5 Å². The van der Waals surface area contributed by atoms with Gasteiger partial charge in [-0.05, 0) is 52.8 Å². The number of thioether (sulfide) groups is 1. The van der Waals surface area contributed by atoms with Gasteiger partial charge in [0.1, 0.15) is 0 Å². The van der Waals surface area contributed by atoms with Gasteiger partial charge in [-0.2, -0.15) is 11.8 Å². The lowest BCUT2D eigenvalue weighted by Gasteiger charge is -2.36. The molecule has 0 bridgehead atoms.